The topological polar surface area (TPSA) is 35.6 Å². The van der Waals surface area contributed by atoms with Gasteiger partial charge in [-0.25, -0.2) is 4.39 Å². The lowest BCUT2D eigenvalue weighted by Gasteiger charge is -2.32. The van der Waals surface area contributed by atoms with Gasteiger partial charge in [-0.05, 0) is 63.4 Å². The number of carbonyl (C=O) groups excluding carboxylic acids is 1. The lowest BCUT2D eigenvalue weighted by Crippen LogP contribution is -2.38. The first-order valence-electron chi connectivity index (χ1n) is 9.18. The molecule has 2 heterocycles. The van der Waals surface area contributed by atoms with Crippen molar-refractivity contribution >= 4 is 17.3 Å². The SMILES string of the molecule is C#CCN1CCC(C(=O)Nc2cc(F)ccc2N2CCCCC2)CC1. The second-order valence-corrected chi connectivity index (χ2v) is 6.95. The number of hydrogen-bond acceptors (Lipinski definition) is 3. The maximum Gasteiger partial charge on any atom is 0.227 e. The molecule has 1 aromatic rings. The zero-order valence-electron chi connectivity index (χ0n) is 14.6. The van der Waals surface area contributed by atoms with Crippen molar-refractivity contribution in [2.24, 2.45) is 5.92 Å². The van der Waals surface area contributed by atoms with Gasteiger partial charge >= 0.3 is 0 Å². The summed E-state index contributed by atoms with van der Waals surface area (Å²) in [5.41, 5.74) is 1.53. The zero-order valence-corrected chi connectivity index (χ0v) is 14.6. The van der Waals surface area contributed by atoms with E-state index < -0.39 is 0 Å². The van der Waals surface area contributed by atoms with Crippen LogP contribution >= 0.6 is 0 Å². The molecule has 134 valence electrons. The highest BCUT2D eigenvalue weighted by Crippen LogP contribution is 2.30. The number of halogens is 1. The van der Waals surface area contributed by atoms with Crippen LogP contribution in [0.2, 0.25) is 0 Å². The Labute approximate surface area is 149 Å². The van der Waals surface area contributed by atoms with Gasteiger partial charge in [0, 0.05) is 19.0 Å². The summed E-state index contributed by atoms with van der Waals surface area (Å²) in [6.07, 6.45) is 10.4. The predicted octanol–water partition coefficient (Wildman–Crippen LogP) is 3.10. The minimum atomic E-state index is -0.320. The fourth-order valence-electron chi connectivity index (χ4n) is 3.74. The maximum atomic E-state index is 13.7. The zero-order chi connectivity index (χ0) is 17.6. The van der Waals surface area contributed by atoms with Crippen LogP contribution in [0.4, 0.5) is 15.8 Å². The van der Waals surface area contributed by atoms with Crippen LogP contribution < -0.4 is 10.2 Å². The van der Waals surface area contributed by atoms with Crippen molar-refractivity contribution in [3.8, 4) is 12.3 Å². The van der Waals surface area contributed by atoms with Crippen molar-refractivity contribution in [1.29, 1.82) is 0 Å². The molecule has 1 N–H and O–H groups in total. The third-order valence-corrected chi connectivity index (χ3v) is 5.19. The van der Waals surface area contributed by atoms with E-state index in [9.17, 15) is 9.18 Å². The highest BCUT2D eigenvalue weighted by atomic mass is 19.1. The molecule has 0 spiro atoms. The summed E-state index contributed by atoms with van der Waals surface area (Å²) in [7, 11) is 0. The molecule has 1 aromatic carbocycles. The molecular weight excluding hydrogens is 317 g/mol. The predicted molar refractivity (Wildman–Crippen MR) is 99.1 cm³/mol. The van der Waals surface area contributed by atoms with E-state index in [1.807, 2.05) is 0 Å². The smallest absolute Gasteiger partial charge is 0.227 e. The molecule has 2 aliphatic rings. The van der Waals surface area contributed by atoms with Crippen LogP contribution in [0.25, 0.3) is 0 Å². The van der Waals surface area contributed by atoms with Gasteiger partial charge in [0.2, 0.25) is 5.91 Å². The van der Waals surface area contributed by atoms with Gasteiger partial charge in [0.15, 0.2) is 0 Å². The van der Waals surface area contributed by atoms with Crippen LogP contribution in [-0.2, 0) is 4.79 Å². The third-order valence-electron chi connectivity index (χ3n) is 5.19. The summed E-state index contributed by atoms with van der Waals surface area (Å²) in [5.74, 6) is 2.28. The minimum absolute atomic E-state index is 0.00998. The van der Waals surface area contributed by atoms with E-state index in [0.717, 1.165) is 57.5 Å². The van der Waals surface area contributed by atoms with Gasteiger partial charge < -0.3 is 10.2 Å². The van der Waals surface area contributed by atoms with Gasteiger partial charge in [-0.1, -0.05) is 5.92 Å². The van der Waals surface area contributed by atoms with Gasteiger partial charge in [-0.3, -0.25) is 9.69 Å². The number of amides is 1. The number of nitrogens with zero attached hydrogens (tertiary/aromatic N) is 2. The van der Waals surface area contributed by atoms with Crippen LogP contribution in [-0.4, -0.2) is 43.5 Å². The van der Waals surface area contributed by atoms with Crippen LogP contribution in [0, 0.1) is 24.1 Å². The summed E-state index contributed by atoms with van der Waals surface area (Å²) in [4.78, 5) is 17.1. The first kappa shape index (κ1) is 17.8. The average Bonchev–Trinajstić information content (AvgIpc) is 2.63. The largest absolute Gasteiger partial charge is 0.370 e. The number of rotatable bonds is 4. The monoisotopic (exact) mass is 343 g/mol. The number of nitrogens with one attached hydrogen (secondary N) is 1. The van der Waals surface area contributed by atoms with Crippen molar-refractivity contribution in [3.05, 3.63) is 24.0 Å². The molecule has 2 saturated heterocycles. The highest BCUT2D eigenvalue weighted by Gasteiger charge is 2.26. The number of likely N-dealkylation sites (tertiary alicyclic amines) is 1. The van der Waals surface area contributed by atoms with Crippen LogP contribution in [0.5, 0.6) is 0 Å². The lowest BCUT2D eigenvalue weighted by molar-refractivity contribution is -0.121. The molecule has 1 amide bonds. The summed E-state index contributed by atoms with van der Waals surface area (Å²) in [6.45, 7) is 4.23. The summed E-state index contributed by atoms with van der Waals surface area (Å²) in [5, 5.41) is 2.99. The molecule has 0 aliphatic carbocycles. The maximum absolute atomic E-state index is 13.7. The van der Waals surface area contributed by atoms with Gasteiger partial charge in [0.05, 0.1) is 17.9 Å². The molecule has 5 heteroatoms. The molecule has 0 unspecified atom stereocenters. The standard InChI is InChI=1S/C20H26FN3O/c1-2-10-23-13-8-16(9-14-23)20(25)22-18-15-17(21)6-7-19(18)24-11-4-3-5-12-24/h1,6-7,15-16H,3-5,8-14H2,(H,22,25). The number of piperidine rings is 2. The molecule has 0 bridgehead atoms. The average molecular weight is 343 g/mol. The van der Waals surface area contributed by atoms with E-state index in [1.165, 1.54) is 18.6 Å². The van der Waals surface area contributed by atoms with Crippen molar-refractivity contribution in [2.75, 3.05) is 42.9 Å². The Morgan fingerprint density at radius 1 is 1.20 bits per heavy atom. The molecule has 3 rings (SSSR count). The normalized spacial score (nSPS) is 19.4. The van der Waals surface area contributed by atoms with Crippen LogP contribution in [0.1, 0.15) is 32.1 Å². The van der Waals surface area contributed by atoms with E-state index in [2.05, 4.69) is 21.0 Å². The Morgan fingerprint density at radius 3 is 2.60 bits per heavy atom. The van der Waals surface area contributed by atoms with Gasteiger partial charge in [0.25, 0.3) is 0 Å². The number of carbonyl (C=O) groups is 1. The van der Waals surface area contributed by atoms with Gasteiger partial charge in [0.1, 0.15) is 5.82 Å². The Kier molecular flexibility index (Phi) is 5.93. The van der Waals surface area contributed by atoms with Crippen LogP contribution in [0.3, 0.4) is 0 Å². The second kappa shape index (κ2) is 8.35. The van der Waals surface area contributed by atoms with Gasteiger partial charge in [-0.15, -0.1) is 6.42 Å². The van der Waals surface area contributed by atoms with Crippen LogP contribution in [0.15, 0.2) is 18.2 Å². The molecule has 0 atom stereocenters. The number of anilines is 2. The van der Waals surface area contributed by atoms with E-state index in [0.29, 0.717) is 12.2 Å². The van der Waals surface area contributed by atoms with Gasteiger partial charge in [-0.2, -0.15) is 0 Å². The molecule has 4 nitrogen and oxygen atoms in total. The Morgan fingerprint density at radius 2 is 1.92 bits per heavy atom. The first-order chi connectivity index (χ1) is 12.2. The van der Waals surface area contributed by atoms with E-state index in [1.54, 1.807) is 6.07 Å². The summed E-state index contributed by atoms with van der Waals surface area (Å²) < 4.78 is 13.7. The van der Waals surface area contributed by atoms with E-state index in [4.69, 9.17) is 6.42 Å². The molecule has 0 radical (unpaired) electrons. The molecule has 0 aromatic heterocycles. The Bertz CT molecular complexity index is 641. The number of terminal acetylenes is 1. The van der Waals surface area contributed by atoms with E-state index in [-0.39, 0.29) is 17.6 Å². The summed E-state index contributed by atoms with van der Waals surface area (Å²) in [6, 6.07) is 4.69. The summed E-state index contributed by atoms with van der Waals surface area (Å²) >= 11 is 0. The molecule has 0 saturated carbocycles. The third kappa shape index (κ3) is 4.52. The fourth-order valence-corrected chi connectivity index (χ4v) is 3.74. The quantitative estimate of drug-likeness (QED) is 0.854. The van der Waals surface area contributed by atoms with Crippen molar-refractivity contribution in [3.63, 3.8) is 0 Å². The van der Waals surface area contributed by atoms with E-state index >= 15 is 0 Å². The highest BCUT2D eigenvalue weighted by molar-refractivity contribution is 5.96. The number of benzene rings is 1. The first-order valence-corrected chi connectivity index (χ1v) is 9.18. The fraction of sp³-hybridized carbons (Fsp3) is 0.550. The second-order valence-electron chi connectivity index (χ2n) is 6.95. The molecule has 25 heavy (non-hydrogen) atoms. The molecule has 2 aliphatic heterocycles. The Balaban J connectivity index is 1.66. The number of hydrogen-bond donors (Lipinski definition) is 1. The molecular formula is C20H26FN3O. The minimum Gasteiger partial charge on any atom is -0.370 e. The van der Waals surface area contributed by atoms with Crippen molar-refractivity contribution in [1.82, 2.24) is 4.90 Å². The lowest BCUT2D eigenvalue weighted by atomic mass is 9.95. The molecule has 2 fully saturated rings. The van der Waals surface area contributed by atoms with Crippen molar-refractivity contribution in [2.45, 2.75) is 32.1 Å². The Hall–Kier alpha value is -2.06. The van der Waals surface area contributed by atoms with Crippen molar-refractivity contribution < 1.29 is 9.18 Å².